The van der Waals surface area contributed by atoms with Gasteiger partial charge in [0.05, 0.1) is 10.6 Å². The van der Waals surface area contributed by atoms with Crippen LogP contribution in [0.1, 0.15) is 28.9 Å². The van der Waals surface area contributed by atoms with Crippen molar-refractivity contribution < 1.29 is 17.6 Å². The summed E-state index contributed by atoms with van der Waals surface area (Å²) in [6.07, 6.45) is 2.65. The molecule has 1 amide bonds. The van der Waals surface area contributed by atoms with Crippen molar-refractivity contribution in [1.29, 1.82) is 0 Å². The summed E-state index contributed by atoms with van der Waals surface area (Å²) < 4.78 is 39.6. The van der Waals surface area contributed by atoms with E-state index in [1.54, 1.807) is 30.3 Å². The molecule has 1 aliphatic carbocycles. The second-order valence-electron chi connectivity index (χ2n) is 7.09. The highest BCUT2D eigenvalue weighted by Crippen LogP contribution is 2.35. The van der Waals surface area contributed by atoms with Crippen LogP contribution in [0.25, 0.3) is 10.4 Å². The van der Waals surface area contributed by atoms with E-state index < -0.39 is 10.0 Å². The zero-order chi connectivity index (χ0) is 19.0. The van der Waals surface area contributed by atoms with Gasteiger partial charge in [-0.2, -0.15) is 4.31 Å². The highest BCUT2D eigenvalue weighted by molar-refractivity contribution is 7.89. The maximum absolute atomic E-state index is 14.0. The molecule has 8 heteroatoms. The minimum atomic E-state index is -3.18. The lowest BCUT2D eigenvalue weighted by Gasteiger charge is -2.23. The Balaban J connectivity index is 1.47. The molecule has 2 fully saturated rings. The molecule has 0 spiro atoms. The number of rotatable bonds is 6. The van der Waals surface area contributed by atoms with Crippen molar-refractivity contribution in [3.05, 3.63) is 47.1 Å². The van der Waals surface area contributed by atoms with Gasteiger partial charge in [-0.1, -0.05) is 18.2 Å². The summed E-state index contributed by atoms with van der Waals surface area (Å²) in [6.45, 7) is 0.863. The van der Waals surface area contributed by atoms with E-state index in [0.717, 1.165) is 12.8 Å². The number of amides is 1. The van der Waals surface area contributed by atoms with Crippen molar-refractivity contribution in [2.24, 2.45) is 5.92 Å². The van der Waals surface area contributed by atoms with Crippen molar-refractivity contribution in [3.8, 4) is 10.4 Å². The lowest BCUT2D eigenvalue weighted by molar-refractivity contribution is 0.0930. The topological polar surface area (TPSA) is 66.5 Å². The molecule has 0 radical (unpaired) electrons. The molecule has 2 heterocycles. The first-order chi connectivity index (χ1) is 12.9. The van der Waals surface area contributed by atoms with Gasteiger partial charge in [-0.05, 0) is 43.4 Å². The van der Waals surface area contributed by atoms with Crippen LogP contribution in [-0.2, 0) is 10.0 Å². The molecule has 0 bridgehead atoms. The quantitative estimate of drug-likeness (QED) is 0.799. The predicted octanol–water partition coefficient (Wildman–Crippen LogP) is 3.10. The van der Waals surface area contributed by atoms with Crippen molar-refractivity contribution in [2.75, 3.05) is 18.8 Å². The monoisotopic (exact) mass is 408 g/mol. The molecule has 2 aromatic rings. The van der Waals surface area contributed by atoms with Gasteiger partial charge in [0.15, 0.2) is 0 Å². The fourth-order valence-electron chi connectivity index (χ4n) is 3.43. The zero-order valence-corrected chi connectivity index (χ0v) is 16.4. The van der Waals surface area contributed by atoms with Gasteiger partial charge >= 0.3 is 0 Å². The number of halogens is 1. The van der Waals surface area contributed by atoms with Crippen molar-refractivity contribution in [2.45, 2.75) is 25.3 Å². The third kappa shape index (κ3) is 4.07. The smallest absolute Gasteiger partial charge is 0.261 e. The average molecular weight is 409 g/mol. The molecule has 4 rings (SSSR count). The van der Waals surface area contributed by atoms with Gasteiger partial charge in [0.1, 0.15) is 5.82 Å². The average Bonchev–Trinajstić information content (AvgIpc) is 3.27. The number of benzene rings is 1. The number of hydrogen-bond donors (Lipinski definition) is 1. The van der Waals surface area contributed by atoms with E-state index in [-0.39, 0.29) is 23.5 Å². The molecule has 1 aromatic carbocycles. The molecule has 1 aromatic heterocycles. The molecular weight excluding hydrogens is 387 g/mol. The van der Waals surface area contributed by atoms with E-state index in [4.69, 9.17) is 0 Å². The second kappa shape index (κ2) is 7.33. The standard InChI is InChI=1S/C19H21FN2O3S2/c20-15-5-2-1-4-14(15)17-8-9-18(26-17)19(23)21-16(13-6-7-13)12-22-10-3-11-27(22,24)25/h1-2,4-5,8-9,13,16H,3,6-7,10-12H2,(H,21,23). The number of hydrogen-bond acceptors (Lipinski definition) is 4. The van der Waals surface area contributed by atoms with Crippen LogP contribution >= 0.6 is 11.3 Å². The van der Waals surface area contributed by atoms with Crippen molar-refractivity contribution >= 4 is 27.3 Å². The number of carbonyl (C=O) groups excluding carboxylic acids is 1. The van der Waals surface area contributed by atoms with Crippen LogP contribution in [-0.4, -0.2) is 43.5 Å². The van der Waals surface area contributed by atoms with E-state index in [9.17, 15) is 17.6 Å². The normalized spacial score (nSPS) is 20.5. The van der Waals surface area contributed by atoms with E-state index in [2.05, 4.69) is 5.32 Å². The van der Waals surface area contributed by atoms with Crippen molar-refractivity contribution in [3.63, 3.8) is 0 Å². The number of carbonyl (C=O) groups is 1. The fraction of sp³-hybridized carbons (Fsp3) is 0.421. The summed E-state index contributed by atoms with van der Waals surface area (Å²) in [6, 6.07) is 9.74. The van der Waals surface area contributed by atoms with E-state index in [1.807, 2.05) is 0 Å². The summed E-state index contributed by atoms with van der Waals surface area (Å²) >= 11 is 1.24. The molecule has 1 saturated carbocycles. The van der Waals surface area contributed by atoms with E-state index in [1.165, 1.54) is 21.7 Å². The maximum atomic E-state index is 14.0. The molecule has 1 N–H and O–H groups in total. The number of sulfonamides is 1. The Bertz CT molecular complexity index is 953. The Morgan fingerprint density at radius 1 is 1.26 bits per heavy atom. The first kappa shape index (κ1) is 18.6. The second-order valence-corrected chi connectivity index (χ2v) is 10.3. The van der Waals surface area contributed by atoms with Gasteiger partial charge in [-0.15, -0.1) is 11.3 Å². The fourth-order valence-corrected chi connectivity index (χ4v) is 5.92. The van der Waals surface area contributed by atoms with Gasteiger partial charge in [0.25, 0.3) is 5.91 Å². The van der Waals surface area contributed by atoms with Gasteiger partial charge in [-0.25, -0.2) is 12.8 Å². The molecule has 1 saturated heterocycles. The van der Waals surface area contributed by atoms with Crippen LogP contribution < -0.4 is 5.32 Å². The number of nitrogens with one attached hydrogen (secondary N) is 1. The Morgan fingerprint density at radius 2 is 2.04 bits per heavy atom. The first-order valence-electron chi connectivity index (χ1n) is 9.07. The third-order valence-electron chi connectivity index (χ3n) is 5.08. The molecule has 1 aliphatic heterocycles. The summed E-state index contributed by atoms with van der Waals surface area (Å²) in [5.74, 6) is -0.0249. The molecule has 27 heavy (non-hydrogen) atoms. The van der Waals surface area contributed by atoms with Crippen LogP contribution in [0.3, 0.4) is 0 Å². The van der Waals surface area contributed by atoms with Crippen LogP contribution in [0.15, 0.2) is 36.4 Å². The zero-order valence-electron chi connectivity index (χ0n) is 14.7. The SMILES string of the molecule is O=C(NC(CN1CCCS1(=O)=O)C1CC1)c1ccc(-c2ccccc2F)s1. The lowest BCUT2D eigenvalue weighted by atomic mass is 10.1. The Labute approximate surface area is 162 Å². The van der Waals surface area contributed by atoms with E-state index >= 15 is 0 Å². The van der Waals surface area contributed by atoms with Gasteiger partial charge < -0.3 is 5.32 Å². The number of thiophene rings is 1. The molecule has 1 unspecified atom stereocenters. The molecule has 1 atom stereocenters. The number of nitrogens with zero attached hydrogens (tertiary/aromatic N) is 1. The van der Waals surface area contributed by atoms with Gasteiger partial charge in [0, 0.05) is 29.6 Å². The highest BCUT2D eigenvalue weighted by Gasteiger charge is 2.38. The Morgan fingerprint density at radius 3 is 2.70 bits per heavy atom. The highest BCUT2D eigenvalue weighted by atomic mass is 32.2. The van der Waals surface area contributed by atoms with Crippen LogP contribution in [0.5, 0.6) is 0 Å². The predicted molar refractivity (Wildman–Crippen MR) is 104 cm³/mol. The molecule has 2 aliphatic rings. The van der Waals surface area contributed by atoms with Crippen LogP contribution in [0.2, 0.25) is 0 Å². The summed E-state index contributed by atoms with van der Waals surface area (Å²) in [5.41, 5.74) is 0.475. The van der Waals surface area contributed by atoms with Crippen LogP contribution in [0.4, 0.5) is 4.39 Å². The third-order valence-corrected chi connectivity index (χ3v) is 8.12. The minimum absolute atomic E-state index is 0.176. The van der Waals surface area contributed by atoms with Gasteiger partial charge in [-0.3, -0.25) is 4.79 Å². The molecule has 144 valence electrons. The Hall–Kier alpha value is -1.77. The Kier molecular flexibility index (Phi) is 5.05. The summed E-state index contributed by atoms with van der Waals surface area (Å²) in [5, 5.41) is 3.01. The minimum Gasteiger partial charge on any atom is -0.347 e. The largest absolute Gasteiger partial charge is 0.347 e. The maximum Gasteiger partial charge on any atom is 0.261 e. The molecule has 5 nitrogen and oxygen atoms in total. The van der Waals surface area contributed by atoms with Gasteiger partial charge in [0.2, 0.25) is 10.0 Å². The summed E-state index contributed by atoms with van der Waals surface area (Å²) in [4.78, 5) is 13.9. The van der Waals surface area contributed by atoms with Crippen molar-refractivity contribution in [1.82, 2.24) is 9.62 Å². The first-order valence-corrected chi connectivity index (χ1v) is 11.5. The summed E-state index contributed by atoms with van der Waals surface area (Å²) in [7, 11) is -3.18. The lowest BCUT2D eigenvalue weighted by Crippen LogP contribution is -2.45. The van der Waals surface area contributed by atoms with Crippen LogP contribution in [0, 0.1) is 11.7 Å². The molecular formula is C19H21FN2O3S2. The van der Waals surface area contributed by atoms with E-state index in [0.29, 0.717) is 40.7 Å².